The number of carbonyl (C=O) groups excluding carboxylic acids is 1. The van der Waals surface area contributed by atoms with E-state index < -0.39 is 11.8 Å². The molecule has 0 fully saturated rings. The number of carboxylic acid groups (broad SMARTS) is 1. The molecule has 0 N–H and O–H groups in total. The number of carboxylic acids is 1. The lowest BCUT2D eigenvalue weighted by Crippen LogP contribution is -2.22. The number of nitrogens with zero attached hydrogens (tertiary/aromatic N) is 5. The molecule has 8 heteroatoms. The summed E-state index contributed by atoms with van der Waals surface area (Å²) in [7, 11) is 0. The Balaban J connectivity index is 2.00. The van der Waals surface area contributed by atoms with Crippen LogP contribution in [0.25, 0.3) is 22.2 Å². The van der Waals surface area contributed by atoms with Crippen LogP contribution in [0.15, 0.2) is 78.0 Å². The van der Waals surface area contributed by atoms with Crippen LogP contribution in [0.1, 0.15) is 27.2 Å². The molecule has 164 valence electrons. The minimum absolute atomic E-state index is 0.0206. The third-order valence-electron chi connectivity index (χ3n) is 4.84. The van der Waals surface area contributed by atoms with E-state index in [-0.39, 0.29) is 28.0 Å². The molecule has 8 nitrogen and oxygen atoms in total. The Kier molecular flexibility index (Phi) is 7.04. The fourth-order valence-electron chi connectivity index (χ4n) is 3.20. The number of hydrogen-bond acceptors (Lipinski definition) is 6. The summed E-state index contributed by atoms with van der Waals surface area (Å²) in [6, 6.07) is 18.0. The lowest BCUT2D eigenvalue weighted by Gasteiger charge is -2.12. The monoisotopic (exact) mass is 445 g/mol. The number of allylic oxidation sites excluding steroid dienone is 5. The Morgan fingerprint density at radius 3 is 2.32 bits per heavy atom. The number of hydrogen-bond donors (Lipinski definition) is 0. The van der Waals surface area contributed by atoms with Gasteiger partial charge >= 0.3 is 0 Å². The van der Waals surface area contributed by atoms with Crippen molar-refractivity contribution in [1.29, 1.82) is 10.5 Å². The number of rotatable bonds is 6. The van der Waals surface area contributed by atoms with Crippen LogP contribution in [-0.2, 0) is 0 Å². The first-order valence-corrected chi connectivity index (χ1v) is 9.85. The van der Waals surface area contributed by atoms with Crippen LogP contribution in [0.3, 0.4) is 0 Å². The third-order valence-corrected chi connectivity index (χ3v) is 4.84. The standard InChI is InChI=1S/C26H17N5O3/c1-17-22(25(32)31(30-17)21-13-11-19(12-14-21)26(33)34)10-6-9-20(15-27)24(23(16-28)29-2)18-7-4-3-5-8-18/h3-14,32H,1H3,(H,33,34)/p-2/b10-6+,20-9+,24-23-. The SMILES string of the molecule is [C-]#[N+]\C(C#N)=C(/C(C#N)=C/C=C/c1c(C)nn(-c2ccc(C(=O)[O-])cc2)c1[O-])c1ccccc1. The molecule has 0 aliphatic carbocycles. The molecule has 0 spiro atoms. The van der Waals surface area contributed by atoms with Gasteiger partial charge < -0.3 is 15.0 Å². The van der Waals surface area contributed by atoms with Crippen LogP contribution in [-0.4, -0.2) is 15.7 Å². The van der Waals surface area contributed by atoms with Gasteiger partial charge in [0.2, 0.25) is 0 Å². The van der Waals surface area contributed by atoms with Crippen molar-refractivity contribution in [3.05, 3.63) is 112 Å². The molecule has 0 aliphatic heterocycles. The second kappa shape index (κ2) is 10.3. The number of benzene rings is 2. The molecule has 34 heavy (non-hydrogen) atoms. The van der Waals surface area contributed by atoms with Crippen LogP contribution < -0.4 is 10.2 Å². The summed E-state index contributed by atoms with van der Waals surface area (Å²) in [6.45, 7) is 8.94. The molecule has 1 aromatic heterocycles. The van der Waals surface area contributed by atoms with Crippen molar-refractivity contribution in [2.75, 3.05) is 0 Å². The summed E-state index contributed by atoms with van der Waals surface area (Å²) >= 11 is 0. The van der Waals surface area contributed by atoms with Gasteiger partial charge in [-0.25, -0.2) is 14.8 Å². The van der Waals surface area contributed by atoms with Crippen molar-refractivity contribution >= 4 is 17.6 Å². The maximum Gasteiger partial charge on any atom is 0.270 e. The molecule has 0 unspecified atom stereocenters. The molecular formula is C26H15N5O3-2. The van der Waals surface area contributed by atoms with E-state index in [1.807, 2.05) is 12.1 Å². The van der Waals surface area contributed by atoms with Crippen molar-refractivity contribution < 1.29 is 15.0 Å². The quantitative estimate of drug-likeness (QED) is 0.325. The topological polar surface area (TPSA) is 133 Å². The third kappa shape index (κ3) is 4.75. The Hall–Kier alpha value is -5.39. The van der Waals surface area contributed by atoms with Gasteiger partial charge in [0.05, 0.1) is 41.6 Å². The van der Waals surface area contributed by atoms with Crippen molar-refractivity contribution in [1.82, 2.24) is 9.78 Å². The molecule has 0 radical (unpaired) electrons. The van der Waals surface area contributed by atoms with Gasteiger partial charge in [-0.2, -0.15) is 10.4 Å². The Morgan fingerprint density at radius 2 is 1.76 bits per heavy atom. The molecule has 0 aliphatic rings. The summed E-state index contributed by atoms with van der Waals surface area (Å²) in [5, 5.41) is 47.1. The van der Waals surface area contributed by atoms with Crippen LogP contribution in [0.4, 0.5) is 0 Å². The highest BCUT2D eigenvalue weighted by Crippen LogP contribution is 2.28. The summed E-state index contributed by atoms with van der Waals surface area (Å²) in [4.78, 5) is 14.2. The first-order valence-electron chi connectivity index (χ1n) is 9.85. The number of aromatic carboxylic acids is 1. The zero-order valence-electron chi connectivity index (χ0n) is 17.9. The summed E-state index contributed by atoms with van der Waals surface area (Å²) in [5.74, 6) is -1.75. The molecule has 0 bridgehead atoms. The first kappa shape index (κ1) is 23.3. The summed E-state index contributed by atoms with van der Waals surface area (Å²) < 4.78 is 1.14. The van der Waals surface area contributed by atoms with Crippen molar-refractivity contribution in [3.63, 3.8) is 0 Å². The van der Waals surface area contributed by atoms with E-state index in [1.54, 1.807) is 37.3 Å². The minimum atomic E-state index is -1.32. The molecule has 0 amide bonds. The van der Waals surface area contributed by atoms with Crippen LogP contribution in [0.2, 0.25) is 0 Å². The Bertz CT molecular complexity index is 1440. The van der Waals surface area contributed by atoms with E-state index in [0.29, 0.717) is 16.9 Å². The largest absolute Gasteiger partial charge is 0.858 e. The predicted octanol–water partition coefficient (Wildman–Crippen LogP) is 2.94. The molecular weight excluding hydrogens is 430 g/mol. The lowest BCUT2D eigenvalue weighted by atomic mass is 9.96. The second-order valence-corrected chi connectivity index (χ2v) is 6.91. The van der Waals surface area contributed by atoms with Crippen molar-refractivity contribution in [3.8, 4) is 23.7 Å². The average Bonchev–Trinajstić information content (AvgIpc) is 3.14. The number of nitriles is 2. The van der Waals surface area contributed by atoms with Gasteiger partial charge in [-0.05, 0) is 42.1 Å². The van der Waals surface area contributed by atoms with Crippen LogP contribution in [0.5, 0.6) is 5.88 Å². The van der Waals surface area contributed by atoms with Gasteiger partial charge in [0, 0.05) is 11.1 Å². The summed E-state index contributed by atoms with van der Waals surface area (Å²) in [6.07, 6.45) is 4.39. The number of aromatic nitrogens is 2. The zero-order valence-corrected chi connectivity index (χ0v) is 17.9. The smallest absolute Gasteiger partial charge is 0.270 e. The van der Waals surface area contributed by atoms with Gasteiger partial charge in [0.25, 0.3) is 5.70 Å². The predicted molar refractivity (Wildman–Crippen MR) is 120 cm³/mol. The van der Waals surface area contributed by atoms with Crippen molar-refractivity contribution in [2.24, 2.45) is 0 Å². The molecule has 1 heterocycles. The highest BCUT2D eigenvalue weighted by atomic mass is 16.4. The summed E-state index contributed by atoms with van der Waals surface area (Å²) in [5.41, 5.74) is 1.68. The van der Waals surface area contributed by atoms with Crippen LogP contribution in [0, 0.1) is 36.2 Å². The molecule has 3 rings (SSSR count). The average molecular weight is 445 g/mol. The maximum absolute atomic E-state index is 12.9. The molecule has 2 aromatic carbocycles. The van der Waals surface area contributed by atoms with E-state index in [9.17, 15) is 25.5 Å². The van der Waals surface area contributed by atoms with Crippen LogP contribution >= 0.6 is 0 Å². The van der Waals surface area contributed by atoms with E-state index in [2.05, 4.69) is 9.94 Å². The van der Waals surface area contributed by atoms with Gasteiger partial charge in [0.15, 0.2) is 0 Å². The van der Waals surface area contributed by atoms with Gasteiger partial charge in [0.1, 0.15) is 0 Å². The Labute approximate surface area is 195 Å². The van der Waals surface area contributed by atoms with Gasteiger partial charge in [-0.3, -0.25) is 0 Å². The minimum Gasteiger partial charge on any atom is -0.858 e. The first-order chi connectivity index (χ1) is 16.4. The Morgan fingerprint density at radius 1 is 1.09 bits per heavy atom. The fraction of sp³-hybridized carbons (Fsp3) is 0.0385. The molecule has 0 atom stereocenters. The normalized spacial score (nSPS) is 11.9. The maximum atomic E-state index is 12.9. The zero-order chi connectivity index (χ0) is 24.7. The molecule has 0 saturated heterocycles. The van der Waals surface area contributed by atoms with E-state index >= 15 is 0 Å². The number of aryl methyl sites for hydroxylation is 1. The van der Waals surface area contributed by atoms with E-state index in [0.717, 1.165) is 4.68 Å². The lowest BCUT2D eigenvalue weighted by molar-refractivity contribution is -0.278. The highest BCUT2D eigenvalue weighted by Gasteiger charge is 2.14. The molecule has 3 aromatic rings. The van der Waals surface area contributed by atoms with Gasteiger partial charge in [-0.1, -0.05) is 54.6 Å². The fourth-order valence-corrected chi connectivity index (χ4v) is 3.20. The number of carbonyl (C=O) groups is 1. The highest BCUT2D eigenvalue weighted by molar-refractivity contribution is 5.88. The van der Waals surface area contributed by atoms with E-state index in [1.165, 1.54) is 42.5 Å². The molecule has 0 saturated carbocycles. The van der Waals surface area contributed by atoms with Gasteiger partial charge in [-0.15, -0.1) is 0 Å². The second-order valence-electron chi connectivity index (χ2n) is 6.91. The van der Waals surface area contributed by atoms with Crippen molar-refractivity contribution in [2.45, 2.75) is 6.92 Å². The van der Waals surface area contributed by atoms with E-state index in [4.69, 9.17) is 6.57 Å².